The number of benzene rings is 3. The van der Waals surface area contributed by atoms with Crippen molar-refractivity contribution in [3.8, 4) is 5.69 Å². The summed E-state index contributed by atoms with van der Waals surface area (Å²) >= 11 is 8.59. The highest BCUT2D eigenvalue weighted by Gasteiger charge is 2.32. The minimum atomic E-state index is -0.176. The second kappa shape index (κ2) is 9.98. The van der Waals surface area contributed by atoms with Crippen molar-refractivity contribution in [3.05, 3.63) is 147 Å². The Labute approximate surface area is 252 Å². The van der Waals surface area contributed by atoms with Gasteiger partial charge >= 0.3 is 0 Å². The number of rotatable bonds is 3. The molecule has 2 aromatic heterocycles. The predicted molar refractivity (Wildman–Crippen MR) is 170 cm³/mol. The molecular formula is C33H25Br2N3OS. The molecule has 0 fully saturated rings. The Kier molecular flexibility index (Phi) is 6.41. The third kappa shape index (κ3) is 4.23. The van der Waals surface area contributed by atoms with Gasteiger partial charge in [-0.3, -0.25) is 9.36 Å². The molecule has 3 heterocycles. The Hall–Kier alpha value is -3.26. The molecule has 7 heteroatoms. The molecule has 0 saturated heterocycles. The van der Waals surface area contributed by atoms with Crippen LogP contribution in [0.2, 0.25) is 0 Å². The van der Waals surface area contributed by atoms with E-state index in [-0.39, 0.29) is 11.6 Å². The van der Waals surface area contributed by atoms with Crippen LogP contribution in [0.5, 0.6) is 0 Å². The third-order valence-electron chi connectivity index (χ3n) is 7.90. The molecule has 0 spiro atoms. The van der Waals surface area contributed by atoms with Crippen LogP contribution in [0, 0.1) is 13.8 Å². The van der Waals surface area contributed by atoms with Gasteiger partial charge in [-0.2, -0.15) is 0 Å². The lowest BCUT2D eigenvalue weighted by atomic mass is 9.83. The maximum absolute atomic E-state index is 14.1. The van der Waals surface area contributed by atoms with Crippen molar-refractivity contribution in [2.75, 3.05) is 0 Å². The van der Waals surface area contributed by atoms with Crippen molar-refractivity contribution in [1.82, 2.24) is 9.13 Å². The first-order valence-electron chi connectivity index (χ1n) is 13.2. The van der Waals surface area contributed by atoms with Gasteiger partial charge < -0.3 is 4.57 Å². The van der Waals surface area contributed by atoms with Gasteiger partial charge in [0.1, 0.15) is 0 Å². The Balaban J connectivity index is 1.43. The Morgan fingerprint density at radius 2 is 1.62 bits per heavy atom. The molecule has 7 rings (SSSR count). The van der Waals surface area contributed by atoms with Gasteiger partial charge in [0.2, 0.25) is 0 Å². The highest BCUT2D eigenvalue weighted by Crippen LogP contribution is 2.41. The molecule has 2 aliphatic rings. The lowest BCUT2D eigenvalue weighted by molar-refractivity contribution is 0.585. The molecule has 5 aromatic rings. The second-order valence-electron chi connectivity index (χ2n) is 10.3. The van der Waals surface area contributed by atoms with Crippen molar-refractivity contribution in [2.24, 2.45) is 4.99 Å². The summed E-state index contributed by atoms with van der Waals surface area (Å²) in [5.74, 6) is 0. The quantitative estimate of drug-likeness (QED) is 0.199. The van der Waals surface area contributed by atoms with Crippen LogP contribution < -0.4 is 14.9 Å². The highest BCUT2D eigenvalue weighted by atomic mass is 79.9. The SMILES string of the molecule is Cc1cc(/C=c2/sc3n(c2=O)[C@H](c2ccc(Br)cc2)C2=C(N=3)c3ccccc3CC2)c(C)n1-c1ccc(Br)cc1. The van der Waals surface area contributed by atoms with Gasteiger partial charge in [-0.15, -0.1) is 0 Å². The summed E-state index contributed by atoms with van der Waals surface area (Å²) in [6.45, 7) is 4.21. The normalized spacial score (nSPS) is 16.4. The summed E-state index contributed by atoms with van der Waals surface area (Å²) in [6, 6.07) is 27.2. The van der Waals surface area contributed by atoms with E-state index in [1.807, 2.05) is 22.8 Å². The first-order chi connectivity index (χ1) is 19.4. The molecule has 198 valence electrons. The van der Waals surface area contributed by atoms with E-state index in [2.05, 4.69) is 117 Å². The van der Waals surface area contributed by atoms with E-state index >= 15 is 0 Å². The Morgan fingerprint density at radius 3 is 2.38 bits per heavy atom. The molecule has 3 aromatic carbocycles. The number of fused-ring (bicyclic) bond motifs is 3. The summed E-state index contributed by atoms with van der Waals surface area (Å²) < 4.78 is 6.92. The van der Waals surface area contributed by atoms with E-state index in [9.17, 15) is 4.79 Å². The third-order valence-corrected chi connectivity index (χ3v) is 9.94. The van der Waals surface area contributed by atoms with Gasteiger partial charge in [0, 0.05) is 31.6 Å². The molecule has 0 bridgehead atoms. The standard InChI is InChI=1S/C33H25Br2N3OS/c1-19-17-23(20(2)37(19)26-14-12-25(35)13-15-26)18-29-32(39)38-31(22-7-10-24(34)11-8-22)28-16-9-21-5-3-4-6-27(21)30(28)36-33(38)40-29/h3-8,10-15,17-18,31H,9,16H2,1-2H3/b29-18+/t31-/m1/s1. The van der Waals surface area contributed by atoms with Crippen LogP contribution in [0.1, 0.15) is 46.1 Å². The van der Waals surface area contributed by atoms with Crippen LogP contribution in [-0.2, 0) is 6.42 Å². The zero-order chi connectivity index (χ0) is 27.5. The monoisotopic (exact) mass is 669 g/mol. The molecule has 0 radical (unpaired) electrons. The minimum Gasteiger partial charge on any atom is -0.318 e. The molecule has 0 saturated carbocycles. The maximum Gasteiger partial charge on any atom is 0.271 e. The van der Waals surface area contributed by atoms with Crippen LogP contribution in [0.4, 0.5) is 0 Å². The van der Waals surface area contributed by atoms with Crippen LogP contribution in [0.15, 0.2) is 103 Å². The van der Waals surface area contributed by atoms with E-state index < -0.39 is 0 Å². The molecular weight excluding hydrogens is 646 g/mol. The number of hydrogen-bond donors (Lipinski definition) is 0. The molecule has 0 N–H and O–H groups in total. The number of thiazole rings is 1. The summed E-state index contributed by atoms with van der Waals surface area (Å²) in [5, 5.41) is 0. The Bertz CT molecular complexity index is 2010. The number of aryl methyl sites for hydroxylation is 2. The highest BCUT2D eigenvalue weighted by molar-refractivity contribution is 9.10. The van der Waals surface area contributed by atoms with Crippen molar-refractivity contribution >= 4 is 55.0 Å². The van der Waals surface area contributed by atoms with Gasteiger partial charge in [-0.1, -0.05) is 79.6 Å². The molecule has 1 aliphatic carbocycles. The Morgan fingerprint density at radius 1 is 0.925 bits per heavy atom. The van der Waals surface area contributed by atoms with E-state index in [0.29, 0.717) is 4.53 Å². The fourth-order valence-corrected chi connectivity index (χ4v) is 7.55. The fraction of sp³-hybridized carbons (Fsp3) is 0.152. The summed E-state index contributed by atoms with van der Waals surface area (Å²) in [7, 11) is 0. The van der Waals surface area contributed by atoms with Crippen LogP contribution in [-0.4, -0.2) is 9.13 Å². The van der Waals surface area contributed by atoms with E-state index in [0.717, 1.165) is 60.5 Å². The maximum atomic E-state index is 14.1. The largest absolute Gasteiger partial charge is 0.318 e. The molecule has 1 aliphatic heterocycles. The van der Waals surface area contributed by atoms with Crippen molar-refractivity contribution < 1.29 is 0 Å². The number of halogens is 2. The number of allylic oxidation sites excluding steroid dienone is 1. The van der Waals surface area contributed by atoms with Gasteiger partial charge in [-0.05, 0) is 97.5 Å². The summed E-state index contributed by atoms with van der Waals surface area (Å²) in [4.78, 5) is 20.0. The molecule has 0 unspecified atom stereocenters. The second-order valence-corrected chi connectivity index (χ2v) is 13.1. The summed E-state index contributed by atoms with van der Waals surface area (Å²) in [5.41, 5.74) is 10.2. The molecule has 0 amide bonds. The minimum absolute atomic E-state index is 0.00974. The van der Waals surface area contributed by atoms with E-state index in [1.54, 1.807) is 0 Å². The lowest BCUT2D eigenvalue weighted by Gasteiger charge is -2.30. The fourth-order valence-electron chi connectivity index (χ4n) is 6.03. The van der Waals surface area contributed by atoms with Crippen molar-refractivity contribution in [1.29, 1.82) is 0 Å². The first kappa shape index (κ1) is 25.7. The van der Waals surface area contributed by atoms with Gasteiger partial charge in [0.05, 0.1) is 16.3 Å². The van der Waals surface area contributed by atoms with Crippen LogP contribution >= 0.6 is 43.2 Å². The van der Waals surface area contributed by atoms with Crippen LogP contribution in [0.3, 0.4) is 0 Å². The molecule has 1 atom stereocenters. The average molecular weight is 671 g/mol. The van der Waals surface area contributed by atoms with Crippen molar-refractivity contribution in [2.45, 2.75) is 32.7 Å². The smallest absolute Gasteiger partial charge is 0.271 e. The van der Waals surface area contributed by atoms with Crippen molar-refractivity contribution in [3.63, 3.8) is 0 Å². The lowest BCUT2D eigenvalue weighted by Crippen LogP contribution is -2.38. The van der Waals surface area contributed by atoms with Gasteiger partial charge in [0.25, 0.3) is 5.56 Å². The van der Waals surface area contributed by atoms with E-state index in [1.165, 1.54) is 28.0 Å². The predicted octanol–water partition coefficient (Wildman–Crippen LogP) is 7.25. The zero-order valence-corrected chi connectivity index (χ0v) is 26.0. The van der Waals surface area contributed by atoms with E-state index in [4.69, 9.17) is 4.99 Å². The molecule has 4 nitrogen and oxygen atoms in total. The number of aromatic nitrogens is 2. The van der Waals surface area contributed by atoms with Crippen LogP contribution in [0.25, 0.3) is 17.5 Å². The van der Waals surface area contributed by atoms with Gasteiger partial charge in [-0.25, -0.2) is 4.99 Å². The first-order valence-corrected chi connectivity index (χ1v) is 15.6. The number of nitrogens with zero attached hydrogens (tertiary/aromatic N) is 3. The average Bonchev–Trinajstić information content (AvgIpc) is 3.42. The number of hydrogen-bond acceptors (Lipinski definition) is 3. The topological polar surface area (TPSA) is 39.3 Å². The summed E-state index contributed by atoms with van der Waals surface area (Å²) in [6.07, 6.45) is 3.87. The van der Waals surface area contributed by atoms with Gasteiger partial charge in [0.15, 0.2) is 4.80 Å². The molecule has 40 heavy (non-hydrogen) atoms. The zero-order valence-electron chi connectivity index (χ0n) is 22.0.